The summed E-state index contributed by atoms with van der Waals surface area (Å²) >= 11 is 2.84. The Hall–Kier alpha value is -7.07. The molecule has 6 aromatic rings. The number of nitrogens with one attached hydrogen (secondary N) is 5. The molecule has 3 aromatic heterocycles. The first-order valence-electron chi connectivity index (χ1n) is 29.2. The highest BCUT2D eigenvalue weighted by atomic mass is 32.2. The third kappa shape index (κ3) is 19.8. The summed E-state index contributed by atoms with van der Waals surface area (Å²) in [5, 5.41) is 27.0. The minimum absolute atomic E-state index is 0.0336. The molecule has 1 saturated heterocycles. The molecule has 4 heterocycles. The van der Waals surface area contributed by atoms with Crippen molar-refractivity contribution in [1.29, 1.82) is 0 Å². The molecule has 1 aliphatic rings. The minimum atomic E-state index is -3.53. The molecule has 450 valence electrons. The quantitative estimate of drug-likeness (QED) is 0.0223. The number of nitrogens with zero attached hydrogens (tertiary/aromatic N) is 4. The van der Waals surface area contributed by atoms with Crippen molar-refractivity contribution in [1.82, 2.24) is 40.1 Å². The van der Waals surface area contributed by atoms with Gasteiger partial charge in [-0.15, -0.1) is 22.7 Å². The topological polar surface area (TPSA) is 251 Å². The molecule has 1 fully saturated rings. The predicted octanol–water partition coefficient (Wildman–Crippen LogP) is 10.2. The molecule has 0 saturated carbocycles. The van der Waals surface area contributed by atoms with Crippen LogP contribution in [0, 0.1) is 12.3 Å². The molecule has 3 atom stereocenters. The van der Waals surface area contributed by atoms with Crippen molar-refractivity contribution in [2.24, 2.45) is 5.41 Å². The average Bonchev–Trinajstić information content (AvgIpc) is 4.29. The van der Waals surface area contributed by atoms with E-state index in [9.17, 15) is 42.3 Å². The van der Waals surface area contributed by atoms with Crippen LogP contribution in [0.15, 0.2) is 102 Å². The number of benzene rings is 3. The first kappa shape index (κ1) is 64.5. The molecule has 0 radical (unpaired) electrons. The number of anilines is 1. The van der Waals surface area contributed by atoms with Crippen molar-refractivity contribution in [2.75, 3.05) is 24.7 Å². The number of hydrogen-bond donors (Lipinski definition) is 6. The van der Waals surface area contributed by atoms with E-state index in [-0.39, 0.29) is 55.2 Å². The number of carbonyl (C=O) groups is 6. The van der Waals surface area contributed by atoms with Crippen LogP contribution in [0.4, 0.5) is 5.13 Å². The Morgan fingerprint density at radius 2 is 1.31 bits per heavy atom. The van der Waals surface area contributed by atoms with Crippen molar-refractivity contribution in [3.8, 4) is 32.8 Å². The molecule has 6 amide bonds. The zero-order chi connectivity index (χ0) is 60.2. The lowest BCUT2D eigenvalue weighted by Gasteiger charge is -2.35. The summed E-state index contributed by atoms with van der Waals surface area (Å²) in [4.78, 5) is 89.9. The number of rotatable bonds is 31. The molecule has 0 unspecified atom stereocenters. The minimum Gasteiger partial charge on any atom is -0.391 e. The summed E-state index contributed by atoms with van der Waals surface area (Å²) in [6.07, 6.45) is 17.5. The maximum Gasteiger partial charge on any atom is 0.253 e. The molecule has 3 aromatic carbocycles. The van der Waals surface area contributed by atoms with Crippen molar-refractivity contribution in [2.45, 2.75) is 162 Å². The average molecular weight is 1200 g/mol. The summed E-state index contributed by atoms with van der Waals surface area (Å²) in [6, 6.07) is 23.6. The fourth-order valence-electron chi connectivity index (χ4n) is 10.1. The normalized spacial score (nSPS) is 14.7. The standard InChI is InChI=1S/C63H81N9O9S3/c1-43-57(83-42-67-43)46-29-27-44(28-30-46)36-65-60(78)53-35-51(73)40-72(53)61(79)58(63(2,3)4)69-55(75)26-18-16-14-12-10-8-6-7-9-11-13-15-17-25-54(74)64-37-45-21-19-22-47(33-45)48-23-20-24-49(34-48)52-41-82-62(68-52)70-56(76)38-66-59(77)50-31-32-71(39-50)84(5,80)81/h19-24,27-34,39,41-42,51,53,58,73H,6-18,25-26,35-38,40H2,1-5H3,(H,64,74)(H,65,78)(H,66,77)(H,69,75)(H,68,70,76)/t51-,53+,58-/m1/s1. The number of unbranched alkanes of at least 4 members (excludes halogenated alkanes) is 12. The van der Waals surface area contributed by atoms with Gasteiger partial charge in [-0.1, -0.05) is 152 Å². The van der Waals surface area contributed by atoms with Crippen LogP contribution in [0.5, 0.6) is 0 Å². The zero-order valence-electron chi connectivity index (χ0n) is 48.9. The Kier molecular flexibility index (Phi) is 23.9. The number of hydrogen-bond acceptors (Lipinski definition) is 13. The molecule has 0 spiro atoms. The Labute approximate surface area is 502 Å². The van der Waals surface area contributed by atoms with Gasteiger partial charge in [-0.05, 0) is 71.2 Å². The van der Waals surface area contributed by atoms with Crippen LogP contribution in [0.2, 0.25) is 0 Å². The number of aromatic nitrogens is 3. The van der Waals surface area contributed by atoms with E-state index in [0.717, 1.165) is 112 Å². The molecule has 84 heavy (non-hydrogen) atoms. The van der Waals surface area contributed by atoms with Crippen LogP contribution >= 0.6 is 22.7 Å². The van der Waals surface area contributed by atoms with Gasteiger partial charge in [0.1, 0.15) is 12.1 Å². The molecule has 1 aliphatic heterocycles. The van der Waals surface area contributed by atoms with Crippen molar-refractivity contribution in [3.05, 3.63) is 125 Å². The van der Waals surface area contributed by atoms with E-state index in [2.05, 4.69) is 42.6 Å². The van der Waals surface area contributed by atoms with Crippen LogP contribution in [-0.2, 0) is 47.1 Å². The summed E-state index contributed by atoms with van der Waals surface area (Å²) in [5.74, 6) is -1.89. The van der Waals surface area contributed by atoms with E-state index < -0.39 is 45.4 Å². The largest absolute Gasteiger partial charge is 0.391 e. The lowest BCUT2D eigenvalue weighted by molar-refractivity contribution is -0.144. The number of aryl methyl sites for hydroxylation is 1. The predicted molar refractivity (Wildman–Crippen MR) is 331 cm³/mol. The van der Waals surface area contributed by atoms with E-state index in [4.69, 9.17) is 0 Å². The second-order valence-corrected chi connectivity index (χ2v) is 26.5. The van der Waals surface area contributed by atoms with Gasteiger partial charge < -0.3 is 36.6 Å². The van der Waals surface area contributed by atoms with Gasteiger partial charge in [0.05, 0.1) is 46.2 Å². The Bertz CT molecular complexity index is 3290. The van der Waals surface area contributed by atoms with Crippen LogP contribution < -0.4 is 26.6 Å². The number of aliphatic hydroxyl groups is 1. The Morgan fingerprint density at radius 3 is 1.93 bits per heavy atom. The number of aliphatic hydroxyl groups excluding tert-OH is 1. The van der Waals surface area contributed by atoms with Gasteiger partial charge in [-0.25, -0.2) is 18.4 Å². The van der Waals surface area contributed by atoms with Gasteiger partial charge in [0.15, 0.2) is 5.13 Å². The SMILES string of the molecule is Cc1ncsc1-c1ccc(CNC(=O)[C@@H]2C[C@@H](O)CN2C(=O)[C@@H](NC(=O)CCCCCCCCCCCCCCCC(=O)NCc2cccc(-c3cccc(-c4csc(NC(=O)CNC(=O)c5ccn(S(C)(=O)=O)c5)n4)c3)c2)C(C)(C)C)cc1. The summed E-state index contributed by atoms with van der Waals surface area (Å²) in [5.41, 5.74) is 8.76. The second-order valence-electron chi connectivity index (χ2n) is 22.9. The van der Waals surface area contributed by atoms with Crippen LogP contribution in [0.25, 0.3) is 32.8 Å². The highest BCUT2D eigenvalue weighted by Gasteiger charge is 2.44. The van der Waals surface area contributed by atoms with Crippen molar-refractivity contribution in [3.63, 3.8) is 0 Å². The van der Waals surface area contributed by atoms with Crippen LogP contribution in [0.1, 0.15) is 151 Å². The first-order chi connectivity index (χ1) is 40.2. The summed E-state index contributed by atoms with van der Waals surface area (Å²) < 4.78 is 24.3. The second kappa shape index (κ2) is 31.2. The van der Waals surface area contributed by atoms with Gasteiger partial charge in [0, 0.05) is 62.2 Å². The Morgan fingerprint density at radius 1 is 0.702 bits per heavy atom. The molecule has 21 heteroatoms. The lowest BCUT2D eigenvalue weighted by Crippen LogP contribution is -2.57. The Balaban J connectivity index is 0.696. The summed E-state index contributed by atoms with van der Waals surface area (Å²) in [7, 11) is -3.53. The molecular weight excluding hydrogens is 1120 g/mol. The van der Waals surface area contributed by atoms with Gasteiger partial charge in [-0.3, -0.25) is 32.7 Å². The number of β-amino-alcohol motifs (C(OH)–C–C–N with tert-alkyl or cyclic N) is 1. The maximum absolute atomic E-state index is 14.0. The van der Waals surface area contributed by atoms with Crippen LogP contribution in [0.3, 0.4) is 0 Å². The number of thiazole rings is 2. The lowest BCUT2D eigenvalue weighted by atomic mass is 9.85. The smallest absolute Gasteiger partial charge is 0.253 e. The molecular formula is C63H81N9O9S3. The highest BCUT2D eigenvalue weighted by Crippen LogP contribution is 2.31. The van der Waals surface area contributed by atoms with Crippen LogP contribution in [-0.4, -0.2) is 105 Å². The van der Waals surface area contributed by atoms with Gasteiger partial charge in [0.2, 0.25) is 39.6 Å². The van der Waals surface area contributed by atoms with E-state index in [1.165, 1.54) is 60.4 Å². The van der Waals surface area contributed by atoms with Crippen molar-refractivity contribution < 1.29 is 42.3 Å². The molecule has 0 aliphatic carbocycles. The zero-order valence-corrected chi connectivity index (χ0v) is 51.4. The van der Waals surface area contributed by atoms with E-state index >= 15 is 0 Å². The van der Waals surface area contributed by atoms with Crippen molar-refractivity contribution >= 4 is 73.3 Å². The van der Waals surface area contributed by atoms with Gasteiger partial charge in [0.25, 0.3) is 5.91 Å². The third-order valence-electron chi connectivity index (χ3n) is 14.9. The van der Waals surface area contributed by atoms with E-state index in [0.29, 0.717) is 30.2 Å². The number of likely N-dealkylation sites (tertiary alicyclic amines) is 1. The third-order valence-corrected chi connectivity index (χ3v) is 17.6. The molecule has 0 bridgehead atoms. The fourth-order valence-corrected chi connectivity index (χ4v) is 12.3. The highest BCUT2D eigenvalue weighted by molar-refractivity contribution is 7.89. The molecule has 6 N–H and O–H groups in total. The maximum atomic E-state index is 14.0. The fraction of sp³-hybridized carbons (Fsp3) is 0.460. The first-order valence-corrected chi connectivity index (χ1v) is 32.8. The summed E-state index contributed by atoms with van der Waals surface area (Å²) in [6.45, 7) is 8.09. The van der Waals surface area contributed by atoms with Gasteiger partial charge in [-0.2, -0.15) is 0 Å². The molecule has 18 nitrogen and oxygen atoms in total. The monoisotopic (exact) mass is 1200 g/mol. The number of carbonyl (C=O) groups excluding carboxylic acids is 6. The molecule has 7 rings (SSSR count). The van der Waals surface area contributed by atoms with Gasteiger partial charge >= 0.3 is 0 Å². The van der Waals surface area contributed by atoms with E-state index in [1.54, 1.807) is 11.3 Å². The number of amides is 6. The van der Waals surface area contributed by atoms with E-state index in [1.807, 2.05) is 105 Å².